The Hall–Kier alpha value is -2.37. The number of carbonyl (C=O) groups is 1. The lowest BCUT2D eigenvalue weighted by molar-refractivity contribution is -0.136. The highest BCUT2D eigenvalue weighted by atomic mass is 32.1. The second kappa shape index (κ2) is 12.9. The van der Waals surface area contributed by atoms with Crippen LogP contribution in [0, 0.1) is 12.3 Å². The fraction of sp³-hybridized carbons (Fsp3) is 0.519. The van der Waals surface area contributed by atoms with E-state index in [1.54, 1.807) is 11.3 Å². The smallest absolute Gasteiger partial charge is 0.237 e. The Morgan fingerprint density at radius 2 is 2.09 bits per heavy atom. The van der Waals surface area contributed by atoms with Crippen LogP contribution in [-0.2, 0) is 16.0 Å². The molecule has 184 valence electrons. The summed E-state index contributed by atoms with van der Waals surface area (Å²) < 4.78 is 11.4. The number of aliphatic hydroxyl groups is 1. The molecule has 0 bridgehead atoms. The van der Waals surface area contributed by atoms with Crippen molar-refractivity contribution in [1.29, 1.82) is 0 Å². The molecule has 0 saturated carbocycles. The van der Waals surface area contributed by atoms with Crippen molar-refractivity contribution in [2.45, 2.75) is 45.3 Å². The van der Waals surface area contributed by atoms with Crippen LogP contribution < -0.4 is 4.74 Å². The number of hydrogen-bond donors (Lipinski definition) is 1. The molecule has 0 fully saturated rings. The highest BCUT2D eigenvalue weighted by Gasteiger charge is 2.33. The molecule has 1 aliphatic rings. The third-order valence-electron chi connectivity index (χ3n) is 6.14. The maximum atomic E-state index is 13.4. The van der Waals surface area contributed by atoms with E-state index in [-0.39, 0.29) is 31.7 Å². The number of terminal acetylenes is 1. The van der Waals surface area contributed by atoms with E-state index in [2.05, 4.69) is 43.3 Å². The summed E-state index contributed by atoms with van der Waals surface area (Å²) >= 11 is 1.74. The molecule has 7 heteroatoms. The van der Waals surface area contributed by atoms with Gasteiger partial charge in [-0.3, -0.25) is 9.69 Å². The standard InChI is InChI=1S/C27H36N2O4S/c1-5-14-32-18-22(30)16-28(6-2)17-27(31)29-13-11-26-24(12-15-34-26)25(29)19-33-23-9-7-21(8-10-23)20(3)4/h1,7-10,12,15,20,22,25,30H,6,11,13-14,16-19H2,2-4H3/t22-,25-/m1/s1. The Morgan fingerprint density at radius 3 is 2.76 bits per heavy atom. The molecule has 2 atom stereocenters. The van der Waals surface area contributed by atoms with Crippen molar-refractivity contribution < 1.29 is 19.4 Å². The molecule has 1 aromatic carbocycles. The van der Waals surface area contributed by atoms with Gasteiger partial charge in [-0.2, -0.15) is 0 Å². The number of rotatable bonds is 12. The van der Waals surface area contributed by atoms with E-state index in [0.29, 0.717) is 32.2 Å². The van der Waals surface area contributed by atoms with Crippen LogP contribution in [-0.4, -0.2) is 72.9 Å². The number of benzene rings is 1. The number of thiophene rings is 1. The van der Waals surface area contributed by atoms with Crippen molar-refractivity contribution in [2.75, 3.05) is 46.0 Å². The fourth-order valence-electron chi connectivity index (χ4n) is 4.19. The zero-order chi connectivity index (χ0) is 24.5. The lowest BCUT2D eigenvalue weighted by Crippen LogP contribution is -2.48. The molecule has 3 rings (SSSR count). The number of amides is 1. The van der Waals surface area contributed by atoms with Crippen molar-refractivity contribution in [3.8, 4) is 18.1 Å². The van der Waals surface area contributed by atoms with Gasteiger partial charge in [0.2, 0.25) is 5.91 Å². The van der Waals surface area contributed by atoms with Gasteiger partial charge in [0.05, 0.1) is 25.3 Å². The monoisotopic (exact) mass is 484 g/mol. The quantitative estimate of drug-likeness (QED) is 0.368. The Balaban J connectivity index is 1.65. The zero-order valence-corrected chi connectivity index (χ0v) is 21.2. The molecule has 0 radical (unpaired) electrons. The molecule has 1 aromatic heterocycles. The van der Waals surface area contributed by atoms with Crippen molar-refractivity contribution in [3.63, 3.8) is 0 Å². The first-order valence-corrected chi connectivity index (χ1v) is 12.8. The molecule has 1 aliphatic heterocycles. The average Bonchev–Trinajstić information content (AvgIpc) is 3.31. The van der Waals surface area contributed by atoms with E-state index in [9.17, 15) is 9.90 Å². The Morgan fingerprint density at radius 1 is 1.32 bits per heavy atom. The molecule has 2 aromatic rings. The maximum absolute atomic E-state index is 13.4. The van der Waals surface area contributed by atoms with Gasteiger partial charge in [-0.25, -0.2) is 0 Å². The van der Waals surface area contributed by atoms with Crippen LogP contribution in [0.1, 0.15) is 48.7 Å². The average molecular weight is 485 g/mol. The van der Waals surface area contributed by atoms with Crippen LogP contribution in [0.5, 0.6) is 5.75 Å². The second-order valence-corrected chi connectivity index (χ2v) is 9.89. The van der Waals surface area contributed by atoms with Gasteiger partial charge in [-0.1, -0.05) is 38.8 Å². The van der Waals surface area contributed by atoms with Crippen molar-refractivity contribution in [1.82, 2.24) is 9.80 Å². The van der Waals surface area contributed by atoms with E-state index in [0.717, 1.165) is 12.2 Å². The summed E-state index contributed by atoms with van der Waals surface area (Å²) in [5.41, 5.74) is 2.45. The number of nitrogens with zero attached hydrogens (tertiary/aromatic N) is 2. The molecule has 2 heterocycles. The summed E-state index contributed by atoms with van der Waals surface area (Å²) in [6.45, 7) is 8.96. The number of carbonyl (C=O) groups excluding carboxylic acids is 1. The molecule has 0 saturated heterocycles. The lowest BCUT2D eigenvalue weighted by Gasteiger charge is -2.37. The van der Waals surface area contributed by atoms with Crippen LogP contribution in [0.4, 0.5) is 0 Å². The molecule has 6 nitrogen and oxygen atoms in total. The van der Waals surface area contributed by atoms with E-state index < -0.39 is 6.10 Å². The summed E-state index contributed by atoms with van der Waals surface area (Å²) in [5, 5.41) is 12.3. The predicted octanol–water partition coefficient (Wildman–Crippen LogP) is 3.71. The van der Waals surface area contributed by atoms with Gasteiger partial charge in [0.15, 0.2) is 0 Å². The van der Waals surface area contributed by atoms with Gasteiger partial charge >= 0.3 is 0 Å². The summed E-state index contributed by atoms with van der Waals surface area (Å²) in [6, 6.07) is 10.2. The summed E-state index contributed by atoms with van der Waals surface area (Å²) in [7, 11) is 0. The van der Waals surface area contributed by atoms with Crippen LogP contribution >= 0.6 is 11.3 Å². The normalized spacial score (nSPS) is 16.4. The minimum absolute atomic E-state index is 0.0409. The van der Waals surface area contributed by atoms with Gasteiger partial charge < -0.3 is 19.5 Å². The zero-order valence-electron chi connectivity index (χ0n) is 20.4. The van der Waals surface area contributed by atoms with E-state index in [1.165, 1.54) is 16.0 Å². The van der Waals surface area contributed by atoms with Crippen LogP contribution in [0.3, 0.4) is 0 Å². The maximum Gasteiger partial charge on any atom is 0.237 e. The van der Waals surface area contributed by atoms with Gasteiger partial charge in [-0.05, 0) is 53.6 Å². The minimum atomic E-state index is -0.695. The lowest BCUT2D eigenvalue weighted by atomic mass is 10.00. The largest absolute Gasteiger partial charge is 0.491 e. The highest BCUT2D eigenvalue weighted by Crippen LogP contribution is 2.34. The van der Waals surface area contributed by atoms with Crippen molar-refractivity contribution in [2.24, 2.45) is 0 Å². The second-order valence-electron chi connectivity index (χ2n) is 8.89. The number of aliphatic hydroxyl groups excluding tert-OH is 1. The van der Waals surface area contributed by atoms with Crippen LogP contribution in [0.25, 0.3) is 0 Å². The third-order valence-corrected chi connectivity index (χ3v) is 7.14. The first kappa shape index (κ1) is 26.2. The molecule has 0 unspecified atom stereocenters. The van der Waals surface area contributed by atoms with E-state index in [1.807, 2.05) is 28.9 Å². The molecule has 0 aliphatic carbocycles. The fourth-order valence-corrected chi connectivity index (χ4v) is 5.12. The summed E-state index contributed by atoms with van der Waals surface area (Å²) in [5.74, 6) is 3.71. The summed E-state index contributed by atoms with van der Waals surface area (Å²) in [6.07, 6.45) is 5.34. The Bertz CT molecular complexity index is 950. The molecule has 34 heavy (non-hydrogen) atoms. The first-order chi connectivity index (χ1) is 16.4. The number of hydrogen-bond acceptors (Lipinski definition) is 6. The Kier molecular flexibility index (Phi) is 9.97. The van der Waals surface area contributed by atoms with Crippen LogP contribution in [0.2, 0.25) is 0 Å². The van der Waals surface area contributed by atoms with E-state index >= 15 is 0 Å². The SMILES string of the molecule is C#CCOC[C@H](O)CN(CC)CC(=O)N1CCc2sccc2[C@H]1COc1ccc(C(C)C)cc1. The molecule has 1 N–H and O–H groups in total. The number of ether oxygens (including phenoxy) is 2. The molecular weight excluding hydrogens is 448 g/mol. The number of likely N-dealkylation sites (N-methyl/N-ethyl adjacent to an activating group) is 1. The van der Waals surface area contributed by atoms with Gasteiger partial charge in [0, 0.05) is 18.0 Å². The topological polar surface area (TPSA) is 62.2 Å². The van der Waals surface area contributed by atoms with Gasteiger partial charge in [-0.15, -0.1) is 17.8 Å². The van der Waals surface area contributed by atoms with Crippen molar-refractivity contribution >= 4 is 17.2 Å². The highest BCUT2D eigenvalue weighted by molar-refractivity contribution is 7.10. The summed E-state index contributed by atoms with van der Waals surface area (Å²) in [4.78, 5) is 18.6. The number of fused-ring (bicyclic) bond motifs is 1. The molecule has 1 amide bonds. The van der Waals surface area contributed by atoms with Gasteiger partial charge in [0.1, 0.15) is 19.0 Å². The van der Waals surface area contributed by atoms with Crippen molar-refractivity contribution in [3.05, 3.63) is 51.7 Å². The Labute approximate surface area is 207 Å². The minimum Gasteiger partial charge on any atom is -0.491 e. The third kappa shape index (κ3) is 7.07. The predicted molar refractivity (Wildman–Crippen MR) is 136 cm³/mol. The molecular formula is C27H36N2O4S. The van der Waals surface area contributed by atoms with E-state index in [4.69, 9.17) is 15.9 Å². The van der Waals surface area contributed by atoms with Gasteiger partial charge in [0.25, 0.3) is 0 Å². The first-order valence-electron chi connectivity index (χ1n) is 11.9. The molecule has 0 spiro atoms. The van der Waals surface area contributed by atoms with Crippen LogP contribution in [0.15, 0.2) is 35.7 Å².